The first kappa shape index (κ1) is 17.4. The first-order valence-corrected chi connectivity index (χ1v) is 9.15. The minimum Gasteiger partial charge on any atom is -0.422 e. The molecule has 0 N–H and O–H groups in total. The summed E-state index contributed by atoms with van der Waals surface area (Å²) in [6.07, 6.45) is 2.70. The average molecular weight is 363 g/mol. The molecule has 0 aliphatic carbocycles. The standard InChI is InChI=1S/C21H21N3O3/c25-20(18-15-16-5-1-2-7-19(16)27-21(18)26)24-13-11-23(12-14-24)10-8-17-6-3-4-9-22-17/h1-7,9,15H,8,10-14H2. The average Bonchev–Trinajstić information content (AvgIpc) is 2.72. The number of benzene rings is 1. The van der Waals surface area contributed by atoms with Gasteiger partial charge in [-0.25, -0.2) is 4.79 Å². The molecule has 1 aliphatic rings. The molecule has 3 heterocycles. The van der Waals surface area contributed by atoms with Gasteiger partial charge in [-0.3, -0.25) is 14.7 Å². The fraction of sp³-hybridized carbons (Fsp3) is 0.286. The first-order valence-electron chi connectivity index (χ1n) is 9.15. The summed E-state index contributed by atoms with van der Waals surface area (Å²) in [5, 5.41) is 0.759. The number of piperazine rings is 1. The minimum absolute atomic E-state index is 0.107. The third-order valence-corrected chi connectivity index (χ3v) is 4.94. The molecule has 3 aromatic rings. The number of carbonyl (C=O) groups excluding carboxylic acids is 1. The topological polar surface area (TPSA) is 66.7 Å². The molecule has 1 saturated heterocycles. The van der Waals surface area contributed by atoms with E-state index in [2.05, 4.69) is 9.88 Å². The third-order valence-electron chi connectivity index (χ3n) is 4.94. The smallest absolute Gasteiger partial charge is 0.349 e. The zero-order valence-electron chi connectivity index (χ0n) is 15.0. The number of amides is 1. The molecular weight excluding hydrogens is 342 g/mol. The number of aromatic nitrogens is 1. The Hall–Kier alpha value is -2.99. The maximum Gasteiger partial charge on any atom is 0.349 e. The Morgan fingerprint density at radius 1 is 1.04 bits per heavy atom. The number of hydrogen-bond donors (Lipinski definition) is 0. The summed E-state index contributed by atoms with van der Waals surface area (Å²) in [7, 11) is 0. The highest BCUT2D eigenvalue weighted by Gasteiger charge is 2.24. The lowest BCUT2D eigenvalue weighted by Gasteiger charge is -2.34. The lowest BCUT2D eigenvalue weighted by molar-refractivity contribution is 0.0634. The van der Waals surface area contributed by atoms with Crippen LogP contribution in [0.25, 0.3) is 11.0 Å². The quantitative estimate of drug-likeness (QED) is 0.665. The molecule has 0 unspecified atom stereocenters. The van der Waals surface area contributed by atoms with Gasteiger partial charge in [-0.2, -0.15) is 0 Å². The molecule has 6 heteroatoms. The molecule has 2 aromatic heterocycles. The van der Waals surface area contributed by atoms with Gasteiger partial charge >= 0.3 is 5.63 Å². The van der Waals surface area contributed by atoms with Crippen molar-refractivity contribution in [1.82, 2.24) is 14.8 Å². The largest absolute Gasteiger partial charge is 0.422 e. The van der Waals surface area contributed by atoms with Crippen LogP contribution >= 0.6 is 0 Å². The van der Waals surface area contributed by atoms with E-state index in [-0.39, 0.29) is 11.5 Å². The van der Waals surface area contributed by atoms with Gasteiger partial charge in [0.15, 0.2) is 0 Å². The SMILES string of the molecule is O=C(c1cc2ccccc2oc1=O)N1CCN(CCc2ccccn2)CC1. The Morgan fingerprint density at radius 3 is 2.59 bits per heavy atom. The summed E-state index contributed by atoms with van der Waals surface area (Å²) in [5.41, 5.74) is 1.11. The number of carbonyl (C=O) groups is 1. The van der Waals surface area contributed by atoms with Crippen molar-refractivity contribution < 1.29 is 9.21 Å². The summed E-state index contributed by atoms with van der Waals surface area (Å²) < 4.78 is 5.29. The summed E-state index contributed by atoms with van der Waals surface area (Å²) in [4.78, 5) is 33.4. The van der Waals surface area contributed by atoms with Crippen LogP contribution in [0.3, 0.4) is 0 Å². The summed E-state index contributed by atoms with van der Waals surface area (Å²) in [5.74, 6) is -0.251. The lowest BCUT2D eigenvalue weighted by Crippen LogP contribution is -2.49. The normalized spacial score (nSPS) is 15.2. The highest BCUT2D eigenvalue weighted by atomic mass is 16.4. The molecule has 6 nitrogen and oxygen atoms in total. The first-order chi connectivity index (χ1) is 13.2. The summed E-state index contributed by atoms with van der Waals surface area (Å²) in [6.45, 7) is 3.70. The highest BCUT2D eigenvalue weighted by molar-refractivity contribution is 5.96. The van der Waals surface area contributed by atoms with Gasteiger partial charge in [-0.1, -0.05) is 24.3 Å². The molecule has 0 bridgehead atoms. The molecule has 1 fully saturated rings. The molecule has 0 atom stereocenters. The molecular formula is C21H21N3O3. The van der Waals surface area contributed by atoms with Crippen molar-refractivity contribution in [3.63, 3.8) is 0 Å². The molecule has 0 saturated carbocycles. The van der Waals surface area contributed by atoms with Crippen LogP contribution in [0.2, 0.25) is 0 Å². The van der Waals surface area contributed by atoms with Crippen molar-refractivity contribution in [2.75, 3.05) is 32.7 Å². The Bertz CT molecular complexity index is 992. The van der Waals surface area contributed by atoms with E-state index in [1.165, 1.54) is 0 Å². The van der Waals surface area contributed by atoms with Crippen molar-refractivity contribution in [3.05, 3.63) is 76.4 Å². The highest BCUT2D eigenvalue weighted by Crippen LogP contribution is 2.14. The van der Waals surface area contributed by atoms with E-state index in [1.807, 2.05) is 30.3 Å². The molecule has 1 aromatic carbocycles. The van der Waals surface area contributed by atoms with E-state index in [0.29, 0.717) is 18.7 Å². The number of rotatable bonds is 4. The fourth-order valence-corrected chi connectivity index (χ4v) is 3.37. The van der Waals surface area contributed by atoms with Crippen LogP contribution in [0.1, 0.15) is 16.1 Å². The molecule has 1 aliphatic heterocycles. The predicted octanol–water partition coefficient (Wildman–Crippen LogP) is 2.19. The zero-order valence-corrected chi connectivity index (χ0v) is 15.0. The van der Waals surface area contributed by atoms with Crippen molar-refractivity contribution in [2.24, 2.45) is 0 Å². The van der Waals surface area contributed by atoms with E-state index < -0.39 is 5.63 Å². The van der Waals surface area contributed by atoms with Crippen LogP contribution in [0.5, 0.6) is 0 Å². The van der Waals surface area contributed by atoms with Gasteiger partial charge in [0.05, 0.1) is 0 Å². The minimum atomic E-state index is -0.573. The van der Waals surface area contributed by atoms with Gasteiger partial charge in [-0.05, 0) is 24.3 Å². The van der Waals surface area contributed by atoms with Crippen LogP contribution in [-0.2, 0) is 6.42 Å². The fourth-order valence-electron chi connectivity index (χ4n) is 3.37. The molecule has 1 amide bonds. The van der Waals surface area contributed by atoms with E-state index >= 15 is 0 Å². The maximum absolute atomic E-state index is 12.8. The van der Waals surface area contributed by atoms with Crippen LogP contribution < -0.4 is 5.63 Å². The van der Waals surface area contributed by atoms with E-state index in [9.17, 15) is 9.59 Å². The van der Waals surface area contributed by atoms with E-state index in [0.717, 1.165) is 37.1 Å². The van der Waals surface area contributed by atoms with Crippen LogP contribution in [0.15, 0.2) is 63.9 Å². The monoisotopic (exact) mass is 363 g/mol. The zero-order chi connectivity index (χ0) is 18.6. The van der Waals surface area contributed by atoms with Crippen molar-refractivity contribution >= 4 is 16.9 Å². The number of fused-ring (bicyclic) bond motifs is 1. The number of pyridine rings is 1. The van der Waals surface area contributed by atoms with Crippen LogP contribution in [0.4, 0.5) is 0 Å². The Morgan fingerprint density at radius 2 is 1.81 bits per heavy atom. The van der Waals surface area contributed by atoms with Gasteiger partial charge in [0, 0.05) is 56.4 Å². The summed E-state index contributed by atoms with van der Waals surface area (Å²) >= 11 is 0. The van der Waals surface area contributed by atoms with Gasteiger partial charge in [-0.15, -0.1) is 0 Å². The number of nitrogens with zero attached hydrogens (tertiary/aromatic N) is 3. The van der Waals surface area contributed by atoms with Crippen LogP contribution in [0, 0.1) is 0 Å². The van der Waals surface area contributed by atoms with Gasteiger partial charge < -0.3 is 9.32 Å². The Labute approximate surface area is 157 Å². The second kappa shape index (κ2) is 7.72. The van der Waals surface area contributed by atoms with Gasteiger partial charge in [0.2, 0.25) is 0 Å². The summed E-state index contributed by atoms with van der Waals surface area (Å²) in [6, 6.07) is 14.8. The van der Waals surface area contributed by atoms with Crippen molar-refractivity contribution in [3.8, 4) is 0 Å². The van der Waals surface area contributed by atoms with Crippen molar-refractivity contribution in [1.29, 1.82) is 0 Å². The molecule has 0 spiro atoms. The van der Waals surface area contributed by atoms with E-state index in [4.69, 9.17) is 4.42 Å². The number of para-hydroxylation sites is 1. The molecule has 138 valence electrons. The second-order valence-corrected chi connectivity index (χ2v) is 6.69. The molecule has 0 radical (unpaired) electrons. The molecule has 27 heavy (non-hydrogen) atoms. The van der Waals surface area contributed by atoms with E-state index in [1.54, 1.807) is 29.3 Å². The second-order valence-electron chi connectivity index (χ2n) is 6.69. The van der Waals surface area contributed by atoms with Crippen molar-refractivity contribution in [2.45, 2.75) is 6.42 Å². The lowest BCUT2D eigenvalue weighted by atomic mass is 10.1. The van der Waals surface area contributed by atoms with Gasteiger partial charge in [0.25, 0.3) is 5.91 Å². The van der Waals surface area contributed by atoms with Crippen LogP contribution in [-0.4, -0.2) is 53.4 Å². The Kier molecular flexibility index (Phi) is 4.98. The molecule has 4 rings (SSSR count). The van der Waals surface area contributed by atoms with Gasteiger partial charge in [0.1, 0.15) is 11.1 Å². The predicted molar refractivity (Wildman–Crippen MR) is 103 cm³/mol. The number of hydrogen-bond acceptors (Lipinski definition) is 5. The maximum atomic E-state index is 12.8. The third kappa shape index (κ3) is 3.90. The Balaban J connectivity index is 1.39.